The molecule has 2 atom stereocenters. The van der Waals surface area contributed by atoms with Gasteiger partial charge in [0.15, 0.2) is 6.61 Å². The van der Waals surface area contributed by atoms with Crippen molar-refractivity contribution >= 4 is 23.8 Å². The average Bonchev–Trinajstić information content (AvgIpc) is 2.66. The molecule has 0 bridgehead atoms. The summed E-state index contributed by atoms with van der Waals surface area (Å²) in [5.74, 6) is -1.53. The standard InChI is InChI=1S/C20H27N3O5/c1-13-6-5-8-15(10-13)19(26)21-11-18(25)28-12-17(24)23-20(27)22-16-9-4-3-7-14(16)2/h5-6,8,10,14,16H,3-4,7,9,11-12H2,1-2H3,(H,21,26)(H2,22,23,24,27)/t14-,16-/m0/s1. The van der Waals surface area contributed by atoms with Gasteiger partial charge >= 0.3 is 12.0 Å². The van der Waals surface area contributed by atoms with Crippen molar-refractivity contribution in [1.82, 2.24) is 16.0 Å². The number of aryl methyl sites for hydroxylation is 1. The molecule has 0 spiro atoms. The molecule has 0 radical (unpaired) electrons. The molecule has 28 heavy (non-hydrogen) atoms. The SMILES string of the molecule is Cc1cccc(C(=O)NCC(=O)OCC(=O)NC(=O)N[C@H]2CCCC[C@@H]2C)c1. The summed E-state index contributed by atoms with van der Waals surface area (Å²) < 4.78 is 4.78. The highest BCUT2D eigenvalue weighted by molar-refractivity contribution is 5.97. The third-order valence-electron chi connectivity index (χ3n) is 4.72. The summed E-state index contributed by atoms with van der Waals surface area (Å²) in [6.07, 6.45) is 4.13. The normalized spacial score (nSPS) is 18.6. The highest BCUT2D eigenvalue weighted by Crippen LogP contribution is 2.23. The van der Waals surface area contributed by atoms with Crippen molar-refractivity contribution in [3.05, 3.63) is 35.4 Å². The van der Waals surface area contributed by atoms with Crippen LogP contribution in [-0.2, 0) is 14.3 Å². The molecule has 152 valence electrons. The number of nitrogens with one attached hydrogen (secondary N) is 3. The quantitative estimate of drug-likeness (QED) is 0.641. The van der Waals surface area contributed by atoms with E-state index in [4.69, 9.17) is 4.74 Å². The fourth-order valence-corrected chi connectivity index (χ4v) is 3.14. The van der Waals surface area contributed by atoms with Gasteiger partial charge in [-0.3, -0.25) is 19.7 Å². The number of carbonyl (C=O) groups excluding carboxylic acids is 4. The number of rotatable bonds is 6. The van der Waals surface area contributed by atoms with Crippen molar-refractivity contribution < 1.29 is 23.9 Å². The highest BCUT2D eigenvalue weighted by atomic mass is 16.5. The zero-order valence-electron chi connectivity index (χ0n) is 16.2. The molecule has 1 saturated carbocycles. The Kier molecular flexibility index (Phi) is 7.98. The largest absolute Gasteiger partial charge is 0.454 e. The van der Waals surface area contributed by atoms with Gasteiger partial charge in [-0.25, -0.2) is 4.79 Å². The minimum absolute atomic E-state index is 0.0425. The van der Waals surface area contributed by atoms with Crippen LogP contribution in [0.4, 0.5) is 4.79 Å². The Balaban J connectivity index is 1.65. The molecular formula is C20H27N3O5. The molecule has 0 saturated heterocycles. The molecule has 3 N–H and O–H groups in total. The Morgan fingerprint density at radius 1 is 1.14 bits per heavy atom. The van der Waals surface area contributed by atoms with Crippen molar-refractivity contribution in [2.24, 2.45) is 5.92 Å². The minimum atomic E-state index is -0.766. The van der Waals surface area contributed by atoms with Crippen LogP contribution in [0.2, 0.25) is 0 Å². The van der Waals surface area contributed by atoms with E-state index < -0.39 is 30.4 Å². The first-order valence-electron chi connectivity index (χ1n) is 9.46. The molecule has 1 aliphatic carbocycles. The van der Waals surface area contributed by atoms with Crippen molar-refractivity contribution in [3.8, 4) is 0 Å². The molecular weight excluding hydrogens is 362 g/mol. The number of ether oxygens (including phenoxy) is 1. The van der Waals surface area contributed by atoms with E-state index in [0.29, 0.717) is 11.5 Å². The Bertz CT molecular complexity index is 734. The average molecular weight is 389 g/mol. The number of imide groups is 1. The van der Waals surface area contributed by atoms with E-state index in [2.05, 4.69) is 22.9 Å². The Morgan fingerprint density at radius 2 is 1.89 bits per heavy atom. The summed E-state index contributed by atoms with van der Waals surface area (Å²) in [5, 5.41) is 7.35. The second-order valence-electron chi connectivity index (χ2n) is 7.10. The molecule has 1 fully saturated rings. The van der Waals surface area contributed by atoms with E-state index in [1.807, 2.05) is 13.0 Å². The number of amides is 4. The Hall–Kier alpha value is -2.90. The summed E-state index contributed by atoms with van der Waals surface area (Å²) in [5.41, 5.74) is 1.35. The van der Waals surface area contributed by atoms with Crippen LogP contribution in [-0.4, -0.2) is 43.0 Å². The lowest BCUT2D eigenvalue weighted by molar-refractivity contribution is -0.147. The molecule has 0 aromatic heterocycles. The smallest absolute Gasteiger partial charge is 0.325 e. The number of hydrogen-bond donors (Lipinski definition) is 3. The molecule has 1 aromatic carbocycles. The van der Waals surface area contributed by atoms with Crippen LogP contribution in [0, 0.1) is 12.8 Å². The predicted octanol–water partition coefficient (Wildman–Crippen LogP) is 1.67. The Labute approximate surface area is 164 Å². The summed E-state index contributed by atoms with van der Waals surface area (Å²) in [6, 6.07) is 6.38. The van der Waals surface area contributed by atoms with Gasteiger partial charge < -0.3 is 15.4 Å². The number of hydrogen-bond acceptors (Lipinski definition) is 5. The van der Waals surface area contributed by atoms with Gasteiger partial charge in [0.25, 0.3) is 11.8 Å². The van der Waals surface area contributed by atoms with Crippen molar-refractivity contribution in [1.29, 1.82) is 0 Å². The van der Waals surface area contributed by atoms with E-state index in [0.717, 1.165) is 31.2 Å². The van der Waals surface area contributed by atoms with Crippen molar-refractivity contribution in [3.63, 3.8) is 0 Å². The molecule has 0 heterocycles. The summed E-state index contributed by atoms with van der Waals surface area (Å²) in [7, 11) is 0. The van der Waals surface area contributed by atoms with Crippen LogP contribution in [0.5, 0.6) is 0 Å². The molecule has 8 nitrogen and oxygen atoms in total. The van der Waals surface area contributed by atoms with Gasteiger partial charge in [0, 0.05) is 11.6 Å². The predicted molar refractivity (Wildman–Crippen MR) is 103 cm³/mol. The van der Waals surface area contributed by atoms with Gasteiger partial charge in [0.2, 0.25) is 0 Å². The molecule has 0 aliphatic heterocycles. The van der Waals surface area contributed by atoms with Crippen LogP contribution in [0.3, 0.4) is 0 Å². The first-order valence-corrected chi connectivity index (χ1v) is 9.46. The van der Waals surface area contributed by atoms with E-state index >= 15 is 0 Å². The van der Waals surface area contributed by atoms with Crippen LogP contribution < -0.4 is 16.0 Å². The molecule has 4 amide bonds. The van der Waals surface area contributed by atoms with Crippen molar-refractivity contribution in [2.45, 2.75) is 45.6 Å². The van der Waals surface area contributed by atoms with Gasteiger partial charge in [-0.2, -0.15) is 0 Å². The third kappa shape index (κ3) is 7.02. The fraction of sp³-hybridized carbons (Fsp3) is 0.500. The maximum absolute atomic E-state index is 11.9. The van der Waals surface area contributed by atoms with Crippen LogP contribution >= 0.6 is 0 Å². The van der Waals surface area contributed by atoms with Crippen LogP contribution in [0.25, 0.3) is 0 Å². The zero-order valence-corrected chi connectivity index (χ0v) is 16.2. The van der Waals surface area contributed by atoms with Gasteiger partial charge in [0.05, 0.1) is 0 Å². The first kappa shape index (κ1) is 21.4. The van der Waals surface area contributed by atoms with Gasteiger partial charge in [-0.05, 0) is 37.8 Å². The third-order valence-corrected chi connectivity index (χ3v) is 4.72. The number of benzene rings is 1. The topological polar surface area (TPSA) is 114 Å². The second-order valence-corrected chi connectivity index (χ2v) is 7.10. The van der Waals surface area contributed by atoms with E-state index in [9.17, 15) is 19.2 Å². The van der Waals surface area contributed by atoms with Crippen LogP contribution in [0.1, 0.15) is 48.5 Å². The molecule has 1 aliphatic rings. The lowest BCUT2D eigenvalue weighted by Crippen LogP contribution is -2.48. The second kappa shape index (κ2) is 10.4. The summed E-state index contributed by atoms with van der Waals surface area (Å²) in [6.45, 7) is 2.96. The fourth-order valence-electron chi connectivity index (χ4n) is 3.14. The number of urea groups is 1. The summed E-state index contributed by atoms with van der Waals surface area (Å²) >= 11 is 0. The van der Waals surface area contributed by atoms with Gasteiger partial charge in [-0.1, -0.05) is 37.5 Å². The monoisotopic (exact) mass is 389 g/mol. The van der Waals surface area contributed by atoms with E-state index in [-0.39, 0.29) is 12.6 Å². The zero-order chi connectivity index (χ0) is 20.5. The van der Waals surface area contributed by atoms with Gasteiger partial charge in [0.1, 0.15) is 6.54 Å². The molecule has 1 aromatic rings. The lowest BCUT2D eigenvalue weighted by atomic mass is 9.86. The summed E-state index contributed by atoms with van der Waals surface area (Å²) in [4.78, 5) is 47.2. The first-order chi connectivity index (χ1) is 13.3. The molecule has 8 heteroatoms. The van der Waals surface area contributed by atoms with Crippen molar-refractivity contribution in [2.75, 3.05) is 13.2 Å². The minimum Gasteiger partial charge on any atom is -0.454 e. The number of carbonyl (C=O) groups is 4. The van der Waals surface area contributed by atoms with E-state index in [1.54, 1.807) is 18.2 Å². The molecule has 0 unspecified atom stereocenters. The lowest BCUT2D eigenvalue weighted by Gasteiger charge is -2.29. The molecule has 2 rings (SSSR count). The highest BCUT2D eigenvalue weighted by Gasteiger charge is 2.23. The van der Waals surface area contributed by atoms with Gasteiger partial charge in [-0.15, -0.1) is 0 Å². The maximum atomic E-state index is 11.9. The van der Waals surface area contributed by atoms with Crippen LogP contribution in [0.15, 0.2) is 24.3 Å². The maximum Gasteiger partial charge on any atom is 0.325 e. The number of esters is 1. The Morgan fingerprint density at radius 3 is 2.61 bits per heavy atom. The van der Waals surface area contributed by atoms with E-state index in [1.165, 1.54) is 0 Å².